The molecule has 2 atom stereocenters. The molecule has 5 heteroatoms. The Hall–Kier alpha value is -2.04. The number of hydrogen-bond acceptors (Lipinski definition) is 2. The predicted molar refractivity (Wildman–Crippen MR) is 111 cm³/mol. The number of carbonyl (C=O) groups excluding carboxylic acids is 1. The summed E-state index contributed by atoms with van der Waals surface area (Å²) in [6.07, 6.45) is 4.92. The van der Waals surface area contributed by atoms with E-state index in [1.165, 1.54) is 0 Å². The van der Waals surface area contributed by atoms with Crippen molar-refractivity contribution in [1.82, 2.24) is 10.3 Å². The minimum Gasteiger partial charge on any atom is -0.390 e. The van der Waals surface area contributed by atoms with Crippen molar-refractivity contribution in [2.75, 3.05) is 0 Å². The molecule has 7 rings (SSSR count). The normalized spacial score (nSPS) is 33.6. The first kappa shape index (κ1) is 16.9. The number of fused-ring (bicyclic) bond motifs is 3. The van der Waals surface area contributed by atoms with Crippen LogP contribution in [0.1, 0.15) is 42.5 Å². The Labute approximate surface area is 168 Å². The average Bonchev–Trinajstić information content (AvgIpc) is 3.00. The summed E-state index contributed by atoms with van der Waals surface area (Å²) in [7, 11) is 0. The van der Waals surface area contributed by atoms with Crippen molar-refractivity contribution in [1.29, 1.82) is 0 Å². The molecule has 2 aromatic carbocycles. The lowest BCUT2D eigenvalue weighted by atomic mass is 9.52. The minimum absolute atomic E-state index is 0.0114. The first-order chi connectivity index (χ1) is 13.5. The molecule has 2 unspecified atom stereocenters. The SMILES string of the molecule is O=C(N[C@H]1C2CC3CC1C[C@](O)(C3)C2)c1ccc2[nH]c3ccc(Cl)cc3c2c1. The van der Waals surface area contributed by atoms with Crippen molar-refractivity contribution in [2.24, 2.45) is 17.8 Å². The maximum absolute atomic E-state index is 13.1. The van der Waals surface area contributed by atoms with Gasteiger partial charge in [0.05, 0.1) is 5.60 Å². The highest BCUT2D eigenvalue weighted by Crippen LogP contribution is 2.55. The monoisotopic (exact) mass is 394 g/mol. The number of halogens is 1. The van der Waals surface area contributed by atoms with Gasteiger partial charge in [-0.15, -0.1) is 0 Å². The van der Waals surface area contributed by atoms with Crippen LogP contribution in [0.2, 0.25) is 5.02 Å². The number of carbonyl (C=O) groups is 1. The van der Waals surface area contributed by atoms with Crippen LogP contribution in [-0.4, -0.2) is 27.6 Å². The maximum atomic E-state index is 13.1. The standard InChI is InChI=1S/C23H23ClN2O2/c24-16-2-4-20-18(8-16)17-7-13(1-3-19(17)25-20)22(27)26-21-14-5-12-6-15(21)11-23(28,9-12)10-14/h1-4,7-8,12,14-15,21,25,28H,5-6,9-11H2,(H,26,27)/t12?,14?,15?,21-,23-. The van der Waals surface area contributed by atoms with Gasteiger partial charge in [-0.1, -0.05) is 11.6 Å². The van der Waals surface area contributed by atoms with Crippen molar-refractivity contribution >= 4 is 39.3 Å². The summed E-state index contributed by atoms with van der Waals surface area (Å²) in [5.74, 6) is 1.46. The molecule has 1 aromatic heterocycles. The van der Waals surface area contributed by atoms with Crippen molar-refractivity contribution in [3.05, 3.63) is 47.0 Å². The van der Waals surface area contributed by atoms with Gasteiger partial charge in [0.15, 0.2) is 0 Å². The summed E-state index contributed by atoms with van der Waals surface area (Å²) < 4.78 is 0. The van der Waals surface area contributed by atoms with Crippen molar-refractivity contribution in [3.63, 3.8) is 0 Å². The number of amides is 1. The second-order valence-corrected chi connectivity index (χ2v) is 9.71. The fourth-order valence-corrected chi connectivity index (χ4v) is 6.63. The molecule has 3 N–H and O–H groups in total. The number of benzene rings is 2. The van der Waals surface area contributed by atoms with Crippen LogP contribution in [0.15, 0.2) is 36.4 Å². The zero-order valence-electron chi connectivity index (χ0n) is 15.5. The van der Waals surface area contributed by atoms with E-state index in [1.54, 1.807) is 0 Å². The molecule has 0 saturated heterocycles. The van der Waals surface area contributed by atoms with E-state index in [1.807, 2.05) is 36.4 Å². The van der Waals surface area contributed by atoms with Gasteiger partial charge in [0.25, 0.3) is 5.91 Å². The molecule has 144 valence electrons. The lowest BCUT2D eigenvalue weighted by Gasteiger charge is -2.58. The van der Waals surface area contributed by atoms with Crippen LogP contribution in [0.5, 0.6) is 0 Å². The summed E-state index contributed by atoms with van der Waals surface area (Å²) in [6, 6.07) is 11.8. The Morgan fingerprint density at radius 3 is 2.43 bits per heavy atom. The third-order valence-corrected chi connectivity index (χ3v) is 7.60. The molecule has 1 amide bonds. The molecular formula is C23H23ClN2O2. The van der Waals surface area contributed by atoms with Crippen LogP contribution in [0.4, 0.5) is 0 Å². The molecule has 0 spiro atoms. The van der Waals surface area contributed by atoms with Gasteiger partial charge in [0.1, 0.15) is 0 Å². The van der Waals surface area contributed by atoms with Gasteiger partial charge in [-0.05, 0) is 86.3 Å². The van der Waals surface area contributed by atoms with Crippen LogP contribution in [0, 0.1) is 17.8 Å². The zero-order valence-corrected chi connectivity index (χ0v) is 16.3. The van der Waals surface area contributed by atoms with E-state index in [0.717, 1.165) is 53.9 Å². The second kappa shape index (κ2) is 5.74. The Bertz CT molecular complexity index is 1100. The number of rotatable bonds is 2. The number of hydrogen-bond donors (Lipinski definition) is 3. The third kappa shape index (κ3) is 2.51. The first-order valence-corrected chi connectivity index (χ1v) is 10.6. The Morgan fingerprint density at radius 1 is 1.04 bits per heavy atom. The molecule has 4 bridgehead atoms. The zero-order chi connectivity index (χ0) is 19.0. The van der Waals surface area contributed by atoms with Gasteiger partial charge < -0.3 is 15.4 Å². The van der Waals surface area contributed by atoms with Gasteiger partial charge in [-0.2, -0.15) is 0 Å². The van der Waals surface area contributed by atoms with E-state index in [0.29, 0.717) is 28.3 Å². The Kier molecular flexibility index (Phi) is 3.46. The summed E-state index contributed by atoms with van der Waals surface area (Å²) in [6.45, 7) is 0. The molecule has 4 aliphatic rings. The molecular weight excluding hydrogens is 372 g/mol. The summed E-state index contributed by atoms with van der Waals surface area (Å²) in [5, 5.41) is 16.8. The molecule has 4 nitrogen and oxygen atoms in total. The van der Waals surface area contributed by atoms with Crippen LogP contribution >= 0.6 is 11.6 Å². The molecule has 28 heavy (non-hydrogen) atoms. The van der Waals surface area contributed by atoms with Crippen LogP contribution in [-0.2, 0) is 0 Å². The molecule has 3 aromatic rings. The quantitative estimate of drug-likeness (QED) is 0.592. The highest BCUT2D eigenvalue weighted by atomic mass is 35.5. The molecule has 0 radical (unpaired) electrons. The molecule has 1 heterocycles. The lowest BCUT2D eigenvalue weighted by molar-refractivity contribution is -0.136. The van der Waals surface area contributed by atoms with Crippen molar-refractivity contribution in [2.45, 2.75) is 43.7 Å². The van der Waals surface area contributed by atoms with E-state index in [2.05, 4.69) is 10.3 Å². The largest absolute Gasteiger partial charge is 0.390 e. The highest BCUT2D eigenvalue weighted by Gasteiger charge is 2.55. The number of aromatic amines is 1. The van der Waals surface area contributed by atoms with Gasteiger partial charge in [0.2, 0.25) is 0 Å². The molecule has 4 fully saturated rings. The second-order valence-electron chi connectivity index (χ2n) is 9.27. The summed E-state index contributed by atoms with van der Waals surface area (Å²) in [5.41, 5.74) is 2.23. The predicted octanol–water partition coefficient (Wildman–Crippen LogP) is 4.64. The minimum atomic E-state index is -0.472. The van der Waals surface area contributed by atoms with Gasteiger partial charge in [0, 0.05) is 38.4 Å². The van der Waals surface area contributed by atoms with Crippen molar-refractivity contribution < 1.29 is 9.90 Å². The van der Waals surface area contributed by atoms with Crippen LogP contribution in [0.3, 0.4) is 0 Å². The third-order valence-electron chi connectivity index (χ3n) is 7.36. The van der Waals surface area contributed by atoms with Gasteiger partial charge in [-0.25, -0.2) is 0 Å². The summed E-state index contributed by atoms with van der Waals surface area (Å²) >= 11 is 6.17. The van der Waals surface area contributed by atoms with E-state index < -0.39 is 5.60 Å². The molecule has 0 aliphatic heterocycles. The lowest BCUT2D eigenvalue weighted by Crippen LogP contribution is -2.61. The fourth-order valence-electron chi connectivity index (χ4n) is 6.46. The van der Waals surface area contributed by atoms with Crippen LogP contribution < -0.4 is 5.32 Å². The number of H-pyrrole nitrogens is 1. The van der Waals surface area contributed by atoms with Crippen LogP contribution in [0.25, 0.3) is 21.8 Å². The highest BCUT2D eigenvalue weighted by molar-refractivity contribution is 6.31. The Morgan fingerprint density at radius 2 is 1.71 bits per heavy atom. The van der Waals surface area contributed by atoms with Gasteiger partial charge >= 0.3 is 0 Å². The average molecular weight is 395 g/mol. The van der Waals surface area contributed by atoms with E-state index in [-0.39, 0.29) is 11.9 Å². The van der Waals surface area contributed by atoms with E-state index >= 15 is 0 Å². The summed E-state index contributed by atoms with van der Waals surface area (Å²) in [4.78, 5) is 16.5. The number of nitrogens with one attached hydrogen (secondary N) is 2. The number of aromatic nitrogens is 1. The maximum Gasteiger partial charge on any atom is 0.251 e. The Balaban J connectivity index is 1.31. The smallest absolute Gasteiger partial charge is 0.251 e. The first-order valence-electron chi connectivity index (χ1n) is 10.2. The number of aliphatic hydroxyl groups is 1. The van der Waals surface area contributed by atoms with E-state index in [4.69, 9.17) is 11.6 Å². The van der Waals surface area contributed by atoms with E-state index in [9.17, 15) is 9.90 Å². The van der Waals surface area contributed by atoms with Gasteiger partial charge in [-0.3, -0.25) is 4.79 Å². The topological polar surface area (TPSA) is 65.1 Å². The fraction of sp³-hybridized carbons (Fsp3) is 0.435. The molecule has 4 saturated carbocycles. The van der Waals surface area contributed by atoms with Crippen molar-refractivity contribution in [3.8, 4) is 0 Å². The molecule has 4 aliphatic carbocycles.